The fourth-order valence-electron chi connectivity index (χ4n) is 2.68. The van der Waals surface area contributed by atoms with Gasteiger partial charge in [0.2, 0.25) is 0 Å². The third-order valence-electron chi connectivity index (χ3n) is 3.72. The van der Waals surface area contributed by atoms with E-state index < -0.39 is 40.1 Å². The summed E-state index contributed by atoms with van der Waals surface area (Å²) >= 11 is 0. The summed E-state index contributed by atoms with van der Waals surface area (Å²) in [6.07, 6.45) is -4.93. The van der Waals surface area contributed by atoms with Gasteiger partial charge < -0.3 is 15.0 Å². The minimum Gasteiger partial charge on any atom is -0.444 e. The molecular weight excluding hydrogens is 355 g/mol. The number of benzene rings is 1. The van der Waals surface area contributed by atoms with Gasteiger partial charge in [0.15, 0.2) is 0 Å². The molecule has 0 radical (unpaired) electrons. The molecule has 0 aliphatic carbocycles. The van der Waals surface area contributed by atoms with Crippen molar-refractivity contribution in [1.82, 2.24) is 4.90 Å². The molecule has 1 heterocycles. The first-order chi connectivity index (χ1) is 11.9. The third kappa shape index (κ3) is 4.77. The second kappa shape index (κ2) is 7.00. The van der Waals surface area contributed by atoms with Gasteiger partial charge in [-0.1, -0.05) is 6.07 Å². The first-order valence-electron chi connectivity index (χ1n) is 7.97. The van der Waals surface area contributed by atoms with Crippen molar-refractivity contribution in [2.24, 2.45) is 0 Å². The van der Waals surface area contributed by atoms with Crippen LogP contribution < -0.4 is 5.32 Å². The molecule has 1 amide bonds. The summed E-state index contributed by atoms with van der Waals surface area (Å²) in [5, 5.41) is 13.9. The fraction of sp³-hybridized carbons (Fsp3) is 0.562. The van der Waals surface area contributed by atoms with E-state index in [2.05, 4.69) is 5.32 Å². The molecule has 0 saturated carbocycles. The number of alkyl halides is 3. The SMILES string of the molecule is CC(C)(C)OC(=O)N1CC[C@H](Nc2cccc(C(F)(F)F)c2[N+](=O)[O-])C1. The van der Waals surface area contributed by atoms with Crippen LogP contribution in [-0.2, 0) is 10.9 Å². The molecule has 0 bridgehead atoms. The van der Waals surface area contributed by atoms with Crippen LogP contribution in [0.25, 0.3) is 0 Å². The summed E-state index contributed by atoms with van der Waals surface area (Å²) in [7, 11) is 0. The summed E-state index contributed by atoms with van der Waals surface area (Å²) < 4.78 is 44.3. The average molecular weight is 375 g/mol. The molecule has 0 spiro atoms. The van der Waals surface area contributed by atoms with E-state index in [1.165, 1.54) is 11.0 Å². The van der Waals surface area contributed by atoms with E-state index in [-0.39, 0.29) is 12.2 Å². The monoisotopic (exact) mass is 375 g/mol. The van der Waals surface area contributed by atoms with Crippen LogP contribution in [0.4, 0.5) is 29.3 Å². The number of nitro benzene ring substituents is 1. The number of ether oxygens (including phenoxy) is 1. The van der Waals surface area contributed by atoms with Crippen LogP contribution in [0.5, 0.6) is 0 Å². The Kier molecular flexibility index (Phi) is 5.33. The highest BCUT2D eigenvalue weighted by atomic mass is 19.4. The largest absolute Gasteiger partial charge is 0.444 e. The molecule has 1 aliphatic rings. The van der Waals surface area contributed by atoms with Crippen molar-refractivity contribution < 1.29 is 27.6 Å². The molecule has 144 valence electrons. The zero-order chi connectivity index (χ0) is 19.7. The second-order valence-corrected chi connectivity index (χ2v) is 7.01. The molecule has 1 aromatic carbocycles. The standard InChI is InChI=1S/C16H20F3N3O4/c1-15(2,3)26-14(23)21-8-7-10(9-21)20-12-6-4-5-11(16(17,18)19)13(12)22(24)25/h4-6,10,20H,7-9H2,1-3H3/t10-/m0/s1. The number of carbonyl (C=O) groups is 1. The number of halogens is 3. The highest BCUT2D eigenvalue weighted by Crippen LogP contribution is 2.40. The predicted octanol–water partition coefficient (Wildman–Crippen LogP) is 4.03. The first kappa shape index (κ1) is 19.8. The Labute approximate surface area is 148 Å². The Morgan fingerprint density at radius 3 is 2.54 bits per heavy atom. The number of nitrogens with zero attached hydrogens (tertiary/aromatic N) is 2. The maximum absolute atomic E-state index is 13.0. The number of anilines is 1. The van der Waals surface area contributed by atoms with Gasteiger partial charge in [0, 0.05) is 19.1 Å². The number of para-hydroxylation sites is 1. The first-order valence-corrected chi connectivity index (χ1v) is 7.97. The molecule has 1 aliphatic heterocycles. The number of rotatable bonds is 3. The van der Waals surface area contributed by atoms with E-state index in [9.17, 15) is 28.1 Å². The van der Waals surface area contributed by atoms with Gasteiger partial charge in [-0.05, 0) is 39.3 Å². The minimum absolute atomic E-state index is 0.183. The van der Waals surface area contributed by atoms with Crippen LogP contribution >= 0.6 is 0 Å². The average Bonchev–Trinajstić information content (AvgIpc) is 2.92. The van der Waals surface area contributed by atoms with Gasteiger partial charge in [-0.15, -0.1) is 0 Å². The molecule has 1 fully saturated rings. The minimum atomic E-state index is -4.84. The van der Waals surface area contributed by atoms with Gasteiger partial charge in [0.05, 0.1) is 4.92 Å². The van der Waals surface area contributed by atoms with Crippen LogP contribution in [0.15, 0.2) is 18.2 Å². The van der Waals surface area contributed by atoms with E-state index >= 15 is 0 Å². The van der Waals surface area contributed by atoms with Crippen molar-refractivity contribution in [3.8, 4) is 0 Å². The Hall–Kier alpha value is -2.52. The van der Waals surface area contributed by atoms with Crippen molar-refractivity contribution >= 4 is 17.5 Å². The summed E-state index contributed by atoms with van der Waals surface area (Å²) in [4.78, 5) is 23.6. The lowest BCUT2D eigenvalue weighted by Crippen LogP contribution is -2.36. The van der Waals surface area contributed by atoms with Gasteiger partial charge in [0.25, 0.3) is 0 Å². The van der Waals surface area contributed by atoms with Crippen LogP contribution in [0.2, 0.25) is 0 Å². The van der Waals surface area contributed by atoms with E-state index in [4.69, 9.17) is 4.74 Å². The van der Waals surface area contributed by atoms with Gasteiger partial charge in [-0.3, -0.25) is 10.1 Å². The molecule has 26 heavy (non-hydrogen) atoms. The molecule has 0 unspecified atom stereocenters. The van der Waals surface area contributed by atoms with E-state index in [0.717, 1.165) is 6.07 Å². The summed E-state index contributed by atoms with van der Waals surface area (Å²) in [5.74, 6) is 0. The molecule has 7 nitrogen and oxygen atoms in total. The van der Waals surface area contributed by atoms with E-state index in [0.29, 0.717) is 19.0 Å². The molecule has 0 aromatic heterocycles. The molecule has 1 N–H and O–H groups in total. The van der Waals surface area contributed by atoms with Crippen LogP contribution in [0, 0.1) is 10.1 Å². The van der Waals surface area contributed by atoms with Crippen molar-refractivity contribution in [2.45, 2.75) is 45.0 Å². The highest BCUT2D eigenvalue weighted by molar-refractivity contribution is 5.70. The maximum Gasteiger partial charge on any atom is 0.423 e. The number of likely N-dealkylation sites (tertiary alicyclic amines) is 1. The lowest BCUT2D eigenvalue weighted by molar-refractivity contribution is -0.387. The smallest absolute Gasteiger partial charge is 0.423 e. The fourth-order valence-corrected chi connectivity index (χ4v) is 2.68. The second-order valence-electron chi connectivity index (χ2n) is 7.01. The van der Waals surface area contributed by atoms with E-state index in [1.807, 2.05) is 0 Å². The number of nitro groups is 1. The number of amides is 1. The molecule has 1 aromatic rings. The number of carbonyl (C=O) groups excluding carboxylic acids is 1. The molecule has 1 saturated heterocycles. The molecular formula is C16H20F3N3O4. The Morgan fingerprint density at radius 1 is 1.35 bits per heavy atom. The Bertz CT molecular complexity index is 701. The van der Waals surface area contributed by atoms with E-state index in [1.54, 1.807) is 20.8 Å². The van der Waals surface area contributed by atoms with Crippen LogP contribution in [0.3, 0.4) is 0 Å². The molecule has 1 atom stereocenters. The number of nitrogens with one attached hydrogen (secondary N) is 1. The van der Waals surface area contributed by atoms with Gasteiger partial charge in [-0.2, -0.15) is 13.2 Å². The lowest BCUT2D eigenvalue weighted by atomic mass is 10.1. The maximum atomic E-state index is 13.0. The third-order valence-corrected chi connectivity index (χ3v) is 3.72. The van der Waals surface area contributed by atoms with Gasteiger partial charge in [-0.25, -0.2) is 4.79 Å². The molecule has 2 rings (SSSR count). The topological polar surface area (TPSA) is 84.7 Å². The summed E-state index contributed by atoms with van der Waals surface area (Å²) in [5.41, 5.74) is -3.21. The van der Waals surface area contributed by atoms with Gasteiger partial charge >= 0.3 is 18.0 Å². The Balaban J connectivity index is 2.15. The van der Waals surface area contributed by atoms with Crippen molar-refractivity contribution in [2.75, 3.05) is 18.4 Å². The summed E-state index contributed by atoms with van der Waals surface area (Å²) in [6.45, 7) is 5.70. The zero-order valence-corrected chi connectivity index (χ0v) is 14.6. The predicted molar refractivity (Wildman–Crippen MR) is 87.9 cm³/mol. The van der Waals surface area contributed by atoms with Crippen LogP contribution in [-0.4, -0.2) is 40.6 Å². The zero-order valence-electron chi connectivity index (χ0n) is 14.6. The molecule has 10 heteroatoms. The van der Waals surface area contributed by atoms with Crippen molar-refractivity contribution in [3.63, 3.8) is 0 Å². The number of hydrogen-bond acceptors (Lipinski definition) is 5. The number of hydrogen-bond donors (Lipinski definition) is 1. The summed E-state index contributed by atoms with van der Waals surface area (Å²) in [6, 6.07) is 2.59. The van der Waals surface area contributed by atoms with Crippen molar-refractivity contribution in [1.29, 1.82) is 0 Å². The Morgan fingerprint density at radius 2 is 2.00 bits per heavy atom. The quantitative estimate of drug-likeness (QED) is 0.637. The van der Waals surface area contributed by atoms with Crippen molar-refractivity contribution in [3.05, 3.63) is 33.9 Å². The van der Waals surface area contributed by atoms with Crippen LogP contribution in [0.1, 0.15) is 32.8 Å². The lowest BCUT2D eigenvalue weighted by Gasteiger charge is -2.24. The highest BCUT2D eigenvalue weighted by Gasteiger charge is 2.40. The van der Waals surface area contributed by atoms with Gasteiger partial charge in [0.1, 0.15) is 16.9 Å². The normalized spacial score (nSPS) is 17.9.